The highest BCUT2D eigenvalue weighted by molar-refractivity contribution is 5.97. The van der Waals surface area contributed by atoms with E-state index in [1.165, 1.54) is 0 Å². The van der Waals surface area contributed by atoms with Crippen LogP contribution in [0, 0.1) is 5.92 Å². The molecule has 1 amide bonds. The highest BCUT2D eigenvalue weighted by Crippen LogP contribution is 2.27. The van der Waals surface area contributed by atoms with Crippen molar-refractivity contribution in [2.24, 2.45) is 5.92 Å². The number of rotatable bonds is 4. The lowest BCUT2D eigenvalue weighted by molar-refractivity contribution is -0.149. The summed E-state index contributed by atoms with van der Waals surface area (Å²) >= 11 is 0. The molecule has 2 aromatic rings. The molecular formula is C18H24N2O4. The van der Waals surface area contributed by atoms with Gasteiger partial charge < -0.3 is 18.6 Å². The Morgan fingerprint density at radius 1 is 1.33 bits per heavy atom. The van der Waals surface area contributed by atoms with Gasteiger partial charge >= 0.3 is 5.97 Å². The smallest absolute Gasteiger partial charge is 0.309 e. The van der Waals surface area contributed by atoms with E-state index in [1.807, 2.05) is 28.5 Å². The first-order valence-corrected chi connectivity index (χ1v) is 8.57. The van der Waals surface area contributed by atoms with Gasteiger partial charge in [0.15, 0.2) is 5.58 Å². The molecule has 2 aromatic heterocycles. The highest BCUT2D eigenvalue weighted by Gasteiger charge is 2.30. The first-order chi connectivity index (χ1) is 11.5. The quantitative estimate of drug-likeness (QED) is 0.806. The van der Waals surface area contributed by atoms with Crippen molar-refractivity contribution in [3.05, 3.63) is 24.1 Å². The van der Waals surface area contributed by atoms with Crippen LogP contribution in [0.4, 0.5) is 0 Å². The Labute approximate surface area is 141 Å². The third-order valence-corrected chi connectivity index (χ3v) is 4.60. The van der Waals surface area contributed by atoms with Gasteiger partial charge in [-0.05, 0) is 33.6 Å². The number of hydrogen-bond donors (Lipinski definition) is 0. The van der Waals surface area contributed by atoms with Gasteiger partial charge in [0.05, 0.1) is 24.3 Å². The lowest BCUT2D eigenvalue weighted by Crippen LogP contribution is -2.41. The molecule has 130 valence electrons. The average molecular weight is 332 g/mol. The highest BCUT2D eigenvalue weighted by atomic mass is 16.5. The van der Waals surface area contributed by atoms with Crippen LogP contribution in [0.1, 0.15) is 50.1 Å². The molecule has 1 aliphatic heterocycles. The molecule has 6 heteroatoms. The SMILES string of the molecule is CCOC(=O)C1CCN(C(=O)c2cc3occc3n2C(C)C)CC1. The fourth-order valence-corrected chi connectivity index (χ4v) is 3.41. The van der Waals surface area contributed by atoms with E-state index in [0.29, 0.717) is 38.2 Å². The zero-order chi connectivity index (χ0) is 17.3. The van der Waals surface area contributed by atoms with E-state index in [0.717, 1.165) is 11.1 Å². The number of hydrogen-bond acceptors (Lipinski definition) is 4. The number of nitrogens with zero attached hydrogens (tertiary/aromatic N) is 2. The summed E-state index contributed by atoms with van der Waals surface area (Å²) in [6, 6.07) is 3.87. The standard InChI is InChI=1S/C18H24N2O4/c1-4-23-18(22)13-5-8-19(9-6-13)17(21)15-11-16-14(7-10-24-16)20(15)12(2)3/h7,10-13H,4-6,8-9H2,1-3H3. The second-order valence-corrected chi connectivity index (χ2v) is 6.48. The largest absolute Gasteiger partial charge is 0.466 e. The lowest BCUT2D eigenvalue weighted by atomic mass is 9.97. The van der Waals surface area contributed by atoms with Gasteiger partial charge in [-0.3, -0.25) is 9.59 Å². The van der Waals surface area contributed by atoms with Crippen LogP contribution in [0.15, 0.2) is 22.8 Å². The molecule has 3 rings (SSSR count). The summed E-state index contributed by atoms with van der Waals surface area (Å²) in [5, 5.41) is 0. The summed E-state index contributed by atoms with van der Waals surface area (Å²) < 4.78 is 12.5. The summed E-state index contributed by atoms with van der Waals surface area (Å²) in [6.45, 7) is 7.47. The third-order valence-electron chi connectivity index (χ3n) is 4.60. The molecule has 24 heavy (non-hydrogen) atoms. The van der Waals surface area contributed by atoms with Gasteiger partial charge in [-0.1, -0.05) is 0 Å². The van der Waals surface area contributed by atoms with Gasteiger partial charge in [-0.25, -0.2) is 0 Å². The van der Waals surface area contributed by atoms with Gasteiger partial charge in [-0.15, -0.1) is 0 Å². The van der Waals surface area contributed by atoms with Crippen LogP contribution in [0.2, 0.25) is 0 Å². The van der Waals surface area contributed by atoms with E-state index in [9.17, 15) is 9.59 Å². The molecule has 6 nitrogen and oxygen atoms in total. The first-order valence-electron chi connectivity index (χ1n) is 8.57. The molecule has 0 radical (unpaired) electrons. The van der Waals surface area contributed by atoms with Gasteiger partial charge in [0.1, 0.15) is 5.69 Å². The summed E-state index contributed by atoms with van der Waals surface area (Å²) in [7, 11) is 0. The number of esters is 1. The number of ether oxygens (including phenoxy) is 1. The topological polar surface area (TPSA) is 64.7 Å². The summed E-state index contributed by atoms with van der Waals surface area (Å²) in [6.07, 6.45) is 2.95. The van der Waals surface area contributed by atoms with Crippen molar-refractivity contribution in [3.8, 4) is 0 Å². The Balaban J connectivity index is 1.75. The van der Waals surface area contributed by atoms with Gasteiger partial charge in [0.25, 0.3) is 5.91 Å². The van der Waals surface area contributed by atoms with Gasteiger partial charge in [0, 0.05) is 31.3 Å². The van der Waals surface area contributed by atoms with E-state index < -0.39 is 0 Å². The van der Waals surface area contributed by atoms with Crippen LogP contribution in [0.25, 0.3) is 11.1 Å². The van der Waals surface area contributed by atoms with Crippen LogP contribution in [0.5, 0.6) is 0 Å². The van der Waals surface area contributed by atoms with Crippen molar-refractivity contribution >= 4 is 23.0 Å². The molecule has 0 bridgehead atoms. The maximum atomic E-state index is 12.9. The monoisotopic (exact) mass is 332 g/mol. The number of likely N-dealkylation sites (tertiary alicyclic amines) is 1. The number of carbonyl (C=O) groups excluding carboxylic acids is 2. The van der Waals surface area contributed by atoms with Crippen LogP contribution in [-0.2, 0) is 9.53 Å². The average Bonchev–Trinajstić information content (AvgIpc) is 3.14. The predicted molar refractivity (Wildman–Crippen MR) is 89.8 cm³/mol. The third kappa shape index (κ3) is 2.92. The molecule has 3 heterocycles. The molecule has 0 aromatic carbocycles. The van der Waals surface area contributed by atoms with E-state index in [2.05, 4.69) is 13.8 Å². The zero-order valence-corrected chi connectivity index (χ0v) is 14.4. The van der Waals surface area contributed by atoms with E-state index in [-0.39, 0.29) is 23.8 Å². The zero-order valence-electron chi connectivity index (χ0n) is 14.4. The molecule has 1 fully saturated rings. The number of aromatic nitrogens is 1. The van der Waals surface area contributed by atoms with Gasteiger partial charge in [0.2, 0.25) is 0 Å². The van der Waals surface area contributed by atoms with Crippen molar-refractivity contribution in [3.63, 3.8) is 0 Å². The molecule has 1 aliphatic rings. The molecule has 0 spiro atoms. The lowest BCUT2D eigenvalue weighted by Gasteiger charge is -2.31. The van der Waals surface area contributed by atoms with Crippen molar-refractivity contribution < 1.29 is 18.7 Å². The molecule has 0 N–H and O–H groups in total. The fraction of sp³-hybridized carbons (Fsp3) is 0.556. The second kappa shape index (κ2) is 6.71. The maximum Gasteiger partial charge on any atom is 0.309 e. The second-order valence-electron chi connectivity index (χ2n) is 6.48. The minimum atomic E-state index is -0.146. The van der Waals surface area contributed by atoms with E-state index in [1.54, 1.807) is 6.26 Å². The number of furan rings is 1. The molecule has 1 saturated heterocycles. The number of piperidine rings is 1. The molecule has 0 atom stereocenters. The van der Waals surface area contributed by atoms with Crippen molar-refractivity contribution in [1.29, 1.82) is 0 Å². The summed E-state index contributed by atoms with van der Waals surface area (Å²) in [5.41, 5.74) is 2.32. The van der Waals surface area contributed by atoms with Crippen LogP contribution in [-0.4, -0.2) is 41.0 Å². The predicted octanol–water partition coefficient (Wildman–Crippen LogP) is 3.23. The minimum Gasteiger partial charge on any atom is -0.466 e. The summed E-state index contributed by atoms with van der Waals surface area (Å²) in [5.74, 6) is -0.243. The van der Waals surface area contributed by atoms with Crippen molar-refractivity contribution in [2.45, 2.75) is 39.7 Å². The summed E-state index contributed by atoms with van der Waals surface area (Å²) in [4.78, 5) is 26.6. The van der Waals surface area contributed by atoms with Crippen LogP contribution < -0.4 is 0 Å². The normalized spacial score (nSPS) is 16.1. The molecule has 0 saturated carbocycles. The van der Waals surface area contributed by atoms with E-state index in [4.69, 9.17) is 9.15 Å². The molecule has 0 unspecified atom stereocenters. The number of amides is 1. The Bertz CT molecular complexity index is 735. The Morgan fingerprint density at radius 3 is 2.67 bits per heavy atom. The number of carbonyl (C=O) groups is 2. The molecular weight excluding hydrogens is 308 g/mol. The fourth-order valence-electron chi connectivity index (χ4n) is 3.41. The number of fused-ring (bicyclic) bond motifs is 1. The first kappa shape index (κ1) is 16.6. The maximum absolute atomic E-state index is 12.9. The Morgan fingerprint density at radius 2 is 2.04 bits per heavy atom. The van der Waals surface area contributed by atoms with Crippen LogP contribution in [0.3, 0.4) is 0 Å². The van der Waals surface area contributed by atoms with Crippen LogP contribution >= 0.6 is 0 Å². The molecule has 0 aliphatic carbocycles. The van der Waals surface area contributed by atoms with Gasteiger partial charge in [-0.2, -0.15) is 0 Å². The van der Waals surface area contributed by atoms with Crippen molar-refractivity contribution in [1.82, 2.24) is 9.47 Å². The Hall–Kier alpha value is -2.24. The Kier molecular flexibility index (Phi) is 4.64. The minimum absolute atomic E-state index is 0.00240. The van der Waals surface area contributed by atoms with E-state index >= 15 is 0 Å². The van der Waals surface area contributed by atoms with Crippen molar-refractivity contribution in [2.75, 3.05) is 19.7 Å².